The zero-order valence-corrected chi connectivity index (χ0v) is 21.2. The Hall–Kier alpha value is -5.12. The van der Waals surface area contributed by atoms with Gasteiger partial charge in [0.2, 0.25) is 0 Å². The lowest BCUT2D eigenvalue weighted by Gasteiger charge is -2.29. The maximum absolute atomic E-state index is 10.3. The number of hydrogen-bond acceptors (Lipinski definition) is 10. The first kappa shape index (κ1) is 27.9. The first-order valence-electron chi connectivity index (χ1n) is 12.4. The molecule has 0 bridgehead atoms. The van der Waals surface area contributed by atoms with Crippen molar-refractivity contribution in [2.24, 2.45) is 5.92 Å². The van der Waals surface area contributed by atoms with E-state index in [2.05, 4.69) is 0 Å². The monoisotopic (exact) mass is 550 g/mol. The molecule has 2 atom stereocenters. The summed E-state index contributed by atoms with van der Waals surface area (Å²) >= 11 is 0. The van der Waals surface area contributed by atoms with Crippen LogP contribution in [-0.4, -0.2) is 51.1 Å². The van der Waals surface area contributed by atoms with Gasteiger partial charge in [0.15, 0.2) is 34.5 Å². The Balaban J connectivity index is 1.80. The molecule has 0 amide bonds. The molecule has 0 heterocycles. The maximum Gasteiger partial charge on any atom is 0.200 e. The van der Waals surface area contributed by atoms with Gasteiger partial charge in [0.05, 0.1) is 0 Å². The molecule has 0 fully saturated rings. The Morgan fingerprint density at radius 1 is 0.425 bits per heavy atom. The molecule has 0 radical (unpaired) electrons. The van der Waals surface area contributed by atoms with E-state index in [0.717, 1.165) is 0 Å². The van der Waals surface area contributed by atoms with E-state index in [1.165, 1.54) is 60.7 Å². The molecule has 0 spiro atoms. The summed E-state index contributed by atoms with van der Waals surface area (Å²) in [6.45, 7) is 0. The normalized spacial score (nSPS) is 12.7. The number of phenolic OH excluding ortho intramolecular Hbond substituents is 10. The van der Waals surface area contributed by atoms with E-state index in [0.29, 0.717) is 35.1 Å². The van der Waals surface area contributed by atoms with Gasteiger partial charge in [-0.05, 0) is 108 Å². The van der Waals surface area contributed by atoms with Crippen molar-refractivity contribution in [3.63, 3.8) is 0 Å². The van der Waals surface area contributed by atoms with Gasteiger partial charge in [0, 0.05) is 12.1 Å². The summed E-state index contributed by atoms with van der Waals surface area (Å²) in [5.41, 5.74) is 2.01. The second kappa shape index (κ2) is 11.3. The largest absolute Gasteiger partial charge is 0.508 e. The summed E-state index contributed by atoms with van der Waals surface area (Å²) in [7, 11) is 0. The Kier molecular flexibility index (Phi) is 7.90. The number of hydrogen-bond donors (Lipinski definition) is 10. The molecule has 0 unspecified atom stereocenters. The van der Waals surface area contributed by atoms with Crippen LogP contribution in [-0.2, 0) is 19.3 Å². The topological polar surface area (TPSA) is 202 Å². The molecule has 0 aromatic heterocycles. The lowest BCUT2D eigenvalue weighted by atomic mass is 9.75. The average molecular weight is 551 g/mol. The van der Waals surface area contributed by atoms with Crippen LogP contribution in [0.2, 0.25) is 0 Å². The summed E-state index contributed by atoms with van der Waals surface area (Å²) in [6.07, 6.45) is 1.11. The third kappa shape index (κ3) is 6.47. The van der Waals surface area contributed by atoms with E-state index < -0.39 is 40.4 Å². The van der Waals surface area contributed by atoms with Crippen LogP contribution in [0.5, 0.6) is 57.5 Å². The molecule has 10 nitrogen and oxygen atoms in total. The number of rotatable bonds is 9. The molecule has 0 saturated carbocycles. The Labute approximate surface area is 229 Å². The van der Waals surface area contributed by atoms with Crippen LogP contribution in [0.25, 0.3) is 0 Å². The quantitative estimate of drug-likeness (QED) is 0.132. The Morgan fingerprint density at radius 3 is 1.27 bits per heavy atom. The van der Waals surface area contributed by atoms with Crippen LogP contribution in [0.3, 0.4) is 0 Å². The summed E-state index contributed by atoms with van der Waals surface area (Å²) in [6, 6.07) is 13.5. The minimum Gasteiger partial charge on any atom is -0.508 e. The Morgan fingerprint density at radius 2 is 0.825 bits per heavy atom. The van der Waals surface area contributed by atoms with Crippen molar-refractivity contribution in [2.75, 3.05) is 0 Å². The fourth-order valence-electron chi connectivity index (χ4n) is 5.10. The third-order valence-electron chi connectivity index (χ3n) is 6.90. The highest BCUT2D eigenvalue weighted by atomic mass is 16.3. The molecule has 0 aliphatic rings. The summed E-state index contributed by atoms with van der Waals surface area (Å²) in [5, 5.41) is 100. The highest BCUT2D eigenvalue weighted by molar-refractivity contribution is 5.53. The highest BCUT2D eigenvalue weighted by Gasteiger charge is 2.27. The summed E-state index contributed by atoms with van der Waals surface area (Å²) in [5.74, 6) is -5.00. The summed E-state index contributed by atoms with van der Waals surface area (Å²) < 4.78 is 0. The molecular weight excluding hydrogens is 520 g/mol. The first-order valence-corrected chi connectivity index (χ1v) is 12.4. The van der Waals surface area contributed by atoms with E-state index in [1.807, 2.05) is 0 Å². The van der Waals surface area contributed by atoms with Crippen molar-refractivity contribution in [1.82, 2.24) is 0 Å². The van der Waals surface area contributed by atoms with Crippen molar-refractivity contribution in [3.05, 3.63) is 82.9 Å². The zero-order valence-electron chi connectivity index (χ0n) is 21.2. The lowest BCUT2D eigenvalue weighted by molar-refractivity contribution is 0.359. The van der Waals surface area contributed by atoms with Crippen molar-refractivity contribution < 1.29 is 51.1 Å². The number of phenols is 10. The fraction of sp³-hybridized carbons (Fsp3) is 0.200. The van der Waals surface area contributed by atoms with Gasteiger partial charge in [0.1, 0.15) is 23.0 Å². The molecule has 4 aromatic rings. The molecule has 10 N–H and O–H groups in total. The molecule has 4 rings (SSSR count). The van der Waals surface area contributed by atoms with Crippen LogP contribution in [0, 0.1) is 5.92 Å². The van der Waals surface area contributed by atoms with Crippen molar-refractivity contribution >= 4 is 0 Å². The fourth-order valence-corrected chi connectivity index (χ4v) is 5.10. The average Bonchev–Trinajstić information content (AvgIpc) is 2.85. The zero-order chi connectivity index (χ0) is 29.1. The van der Waals surface area contributed by atoms with Crippen molar-refractivity contribution in [3.8, 4) is 57.5 Å². The SMILES string of the molecule is Oc1cc(O)cc(CC[C@H](Cc2cc(O)c(O)c(O)c2)[C@@H](Cc2cc(O)c(O)c(O)c2)c2cc(O)cc(O)c2)c1. The molecular formula is C30H30O10. The van der Waals surface area contributed by atoms with Crippen molar-refractivity contribution in [2.45, 2.75) is 31.6 Å². The van der Waals surface area contributed by atoms with E-state index in [-0.39, 0.29) is 41.8 Å². The van der Waals surface area contributed by atoms with E-state index in [1.54, 1.807) is 0 Å². The van der Waals surface area contributed by atoms with Gasteiger partial charge in [-0.2, -0.15) is 0 Å². The van der Waals surface area contributed by atoms with E-state index in [9.17, 15) is 51.1 Å². The third-order valence-corrected chi connectivity index (χ3v) is 6.90. The predicted molar refractivity (Wildman–Crippen MR) is 144 cm³/mol. The van der Waals surface area contributed by atoms with Crippen molar-refractivity contribution in [1.29, 1.82) is 0 Å². The minimum atomic E-state index is -0.675. The first-order chi connectivity index (χ1) is 18.9. The standard InChI is InChI=1S/C30H30O10/c31-20-4-15(5-21(32)13-20)1-2-18(3-16-7-25(35)29(39)26(36)8-16)24(19-11-22(33)14-23(34)12-19)6-17-9-27(37)30(40)28(38)10-17/h4-5,7-14,18,24,31-40H,1-3,6H2/t18-,24-/m1/s1. The van der Waals surface area contributed by atoms with Gasteiger partial charge >= 0.3 is 0 Å². The number of benzene rings is 4. The van der Waals surface area contributed by atoms with E-state index >= 15 is 0 Å². The molecule has 0 saturated heterocycles. The second-order valence-electron chi connectivity index (χ2n) is 9.92. The van der Waals surface area contributed by atoms with Crippen LogP contribution in [0.4, 0.5) is 0 Å². The summed E-state index contributed by atoms with van der Waals surface area (Å²) in [4.78, 5) is 0. The molecule has 40 heavy (non-hydrogen) atoms. The number of aryl methyl sites for hydroxylation is 1. The number of aromatic hydroxyl groups is 10. The van der Waals surface area contributed by atoms with Gasteiger partial charge in [-0.1, -0.05) is 0 Å². The van der Waals surface area contributed by atoms with Gasteiger partial charge < -0.3 is 51.1 Å². The maximum atomic E-state index is 10.3. The molecule has 210 valence electrons. The van der Waals surface area contributed by atoms with Crippen LogP contribution in [0.1, 0.15) is 34.6 Å². The lowest BCUT2D eigenvalue weighted by Crippen LogP contribution is -2.19. The molecule has 0 aliphatic carbocycles. The Bertz CT molecular complexity index is 1440. The van der Waals surface area contributed by atoms with Gasteiger partial charge in [-0.3, -0.25) is 0 Å². The molecule has 0 aliphatic heterocycles. The van der Waals surface area contributed by atoms with E-state index in [4.69, 9.17) is 0 Å². The second-order valence-corrected chi connectivity index (χ2v) is 9.92. The van der Waals surface area contributed by atoms with Crippen LogP contribution in [0.15, 0.2) is 60.7 Å². The van der Waals surface area contributed by atoms with Crippen LogP contribution < -0.4 is 0 Å². The van der Waals surface area contributed by atoms with Gasteiger partial charge in [0.25, 0.3) is 0 Å². The predicted octanol–water partition coefficient (Wildman–Crippen LogP) is 4.56. The minimum absolute atomic E-state index is 0.121. The molecule has 10 heteroatoms. The van der Waals surface area contributed by atoms with Crippen LogP contribution >= 0.6 is 0 Å². The molecule has 4 aromatic carbocycles. The van der Waals surface area contributed by atoms with Gasteiger partial charge in [-0.15, -0.1) is 0 Å². The smallest absolute Gasteiger partial charge is 0.200 e. The highest BCUT2D eigenvalue weighted by Crippen LogP contribution is 2.43. The van der Waals surface area contributed by atoms with Gasteiger partial charge in [-0.25, -0.2) is 0 Å².